The van der Waals surface area contributed by atoms with Crippen molar-refractivity contribution in [3.8, 4) is 11.5 Å². The molecule has 3 nitrogen and oxygen atoms in total. The van der Waals surface area contributed by atoms with Crippen LogP contribution in [0, 0.1) is 6.92 Å². The van der Waals surface area contributed by atoms with E-state index >= 15 is 0 Å². The molecule has 1 heterocycles. The van der Waals surface area contributed by atoms with Gasteiger partial charge in [-0.2, -0.15) is 0 Å². The van der Waals surface area contributed by atoms with Gasteiger partial charge in [0.05, 0.1) is 6.04 Å². The number of ether oxygens (including phenoxy) is 1. The van der Waals surface area contributed by atoms with E-state index < -0.39 is 0 Å². The van der Waals surface area contributed by atoms with Crippen molar-refractivity contribution in [2.75, 3.05) is 26.2 Å². The van der Waals surface area contributed by atoms with Gasteiger partial charge >= 0.3 is 0 Å². The summed E-state index contributed by atoms with van der Waals surface area (Å²) in [5.41, 5.74) is 3.91. The number of nitrogens with zero attached hydrogens (tertiary/aromatic N) is 1. The Morgan fingerprint density at radius 1 is 0.786 bits per heavy atom. The van der Waals surface area contributed by atoms with Gasteiger partial charge in [0.2, 0.25) is 0 Å². The van der Waals surface area contributed by atoms with Crippen molar-refractivity contribution in [1.82, 2.24) is 10.2 Å². The second-order valence-electron chi connectivity index (χ2n) is 7.44. The first kappa shape index (κ1) is 18.7. The zero-order valence-electron chi connectivity index (χ0n) is 16.5. The van der Waals surface area contributed by atoms with E-state index in [4.69, 9.17) is 4.74 Å². The lowest BCUT2D eigenvalue weighted by Gasteiger charge is -2.31. The quantitative estimate of drug-likeness (QED) is 0.668. The van der Waals surface area contributed by atoms with Gasteiger partial charge in [-0.25, -0.2) is 0 Å². The van der Waals surface area contributed by atoms with Crippen LogP contribution in [-0.2, 0) is 0 Å². The molecular formula is C25H28N2O. The van der Waals surface area contributed by atoms with Crippen molar-refractivity contribution >= 4 is 0 Å². The lowest BCUT2D eigenvalue weighted by molar-refractivity contribution is 0.241. The van der Waals surface area contributed by atoms with E-state index in [1.165, 1.54) is 23.1 Å². The Kier molecular flexibility index (Phi) is 6.05. The molecule has 1 unspecified atom stereocenters. The Bertz CT molecular complexity index is 869. The summed E-state index contributed by atoms with van der Waals surface area (Å²) in [6.45, 7) is 6.40. The molecule has 1 aliphatic rings. The Labute approximate surface area is 168 Å². The summed E-state index contributed by atoms with van der Waals surface area (Å²) in [6, 6.07) is 27.7. The summed E-state index contributed by atoms with van der Waals surface area (Å²) in [6.07, 6.45) is 1.17. The number of para-hydroxylation sites is 1. The summed E-state index contributed by atoms with van der Waals surface area (Å²) in [4.78, 5) is 2.59. The highest BCUT2D eigenvalue weighted by atomic mass is 16.5. The Hall–Kier alpha value is -2.62. The van der Waals surface area contributed by atoms with E-state index in [1.807, 2.05) is 36.4 Å². The highest BCUT2D eigenvalue weighted by Crippen LogP contribution is 2.32. The minimum Gasteiger partial charge on any atom is -0.457 e. The highest BCUT2D eigenvalue weighted by Gasteiger charge is 2.23. The van der Waals surface area contributed by atoms with Gasteiger partial charge in [-0.15, -0.1) is 0 Å². The van der Waals surface area contributed by atoms with E-state index in [0.717, 1.165) is 37.7 Å². The molecule has 0 aliphatic carbocycles. The van der Waals surface area contributed by atoms with Gasteiger partial charge in [-0.05, 0) is 55.3 Å². The van der Waals surface area contributed by atoms with Crippen LogP contribution >= 0.6 is 0 Å². The fourth-order valence-corrected chi connectivity index (χ4v) is 3.86. The largest absolute Gasteiger partial charge is 0.457 e. The topological polar surface area (TPSA) is 24.5 Å². The average Bonchev–Trinajstić information content (AvgIpc) is 3.00. The van der Waals surface area contributed by atoms with Gasteiger partial charge in [-0.3, -0.25) is 4.90 Å². The van der Waals surface area contributed by atoms with Gasteiger partial charge in [0.1, 0.15) is 11.5 Å². The van der Waals surface area contributed by atoms with E-state index in [-0.39, 0.29) is 6.04 Å². The lowest BCUT2D eigenvalue weighted by Crippen LogP contribution is -2.33. The van der Waals surface area contributed by atoms with Crippen LogP contribution in [0.25, 0.3) is 0 Å². The van der Waals surface area contributed by atoms with E-state index in [2.05, 4.69) is 59.6 Å². The molecule has 1 N–H and O–H groups in total. The fraction of sp³-hybridized carbons (Fsp3) is 0.280. The van der Waals surface area contributed by atoms with Gasteiger partial charge in [-0.1, -0.05) is 60.2 Å². The van der Waals surface area contributed by atoms with Crippen LogP contribution in [0.1, 0.15) is 29.2 Å². The lowest BCUT2D eigenvalue weighted by atomic mass is 9.95. The first-order chi connectivity index (χ1) is 13.8. The molecule has 144 valence electrons. The SMILES string of the molecule is Cc1ccc(C(c2cccc(Oc3ccccc3)c2)N2CCCNCC2)cc1. The maximum Gasteiger partial charge on any atom is 0.127 e. The Morgan fingerprint density at radius 2 is 1.57 bits per heavy atom. The number of hydrogen-bond donors (Lipinski definition) is 1. The monoisotopic (exact) mass is 372 g/mol. The van der Waals surface area contributed by atoms with Crippen molar-refractivity contribution in [3.05, 3.63) is 95.6 Å². The third-order valence-electron chi connectivity index (χ3n) is 5.29. The maximum absolute atomic E-state index is 6.11. The predicted molar refractivity (Wildman–Crippen MR) is 115 cm³/mol. The standard InChI is InChI=1S/C25H28N2O/c1-20-11-13-21(14-12-20)25(27-17-6-15-26-16-18-27)22-7-5-10-24(19-22)28-23-8-3-2-4-9-23/h2-5,7-14,19,25-26H,6,15-18H2,1H3. The molecule has 0 saturated carbocycles. The molecule has 1 atom stereocenters. The molecule has 0 amide bonds. The number of hydrogen-bond acceptors (Lipinski definition) is 3. The molecule has 0 radical (unpaired) electrons. The molecular weight excluding hydrogens is 344 g/mol. The number of nitrogens with one attached hydrogen (secondary N) is 1. The minimum atomic E-state index is 0.236. The molecule has 1 fully saturated rings. The summed E-state index contributed by atoms with van der Waals surface area (Å²) in [5, 5.41) is 3.52. The number of aryl methyl sites for hydroxylation is 1. The van der Waals surface area contributed by atoms with Crippen LogP contribution in [0.4, 0.5) is 0 Å². The van der Waals surface area contributed by atoms with Crippen molar-refractivity contribution in [3.63, 3.8) is 0 Å². The van der Waals surface area contributed by atoms with Crippen LogP contribution in [0.5, 0.6) is 11.5 Å². The fourth-order valence-electron chi connectivity index (χ4n) is 3.86. The van der Waals surface area contributed by atoms with Gasteiger partial charge < -0.3 is 10.1 Å². The normalized spacial score (nSPS) is 16.3. The molecule has 4 rings (SSSR count). The van der Waals surface area contributed by atoms with Crippen LogP contribution < -0.4 is 10.1 Å². The minimum absolute atomic E-state index is 0.236. The third kappa shape index (κ3) is 4.61. The van der Waals surface area contributed by atoms with Gasteiger partial charge in [0.25, 0.3) is 0 Å². The van der Waals surface area contributed by atoms with Crippen molar-refractivity contribution in [2.45, 2.75) is 19.4 Å². The van der Waals surface area contributed by atoms with Gasteiger partial charge in [0.15, 0.2) is 0 Å². The molecule has 1 saturated heterocycles. The molecule has 0 bridgehead atoms. The summed E-state index contributed by atoms with van der Waals surface area (Å²) < 4.78 is 6.11. The molecule has 1 aliphatic heterocycles. The smallest absolute Gasteiger partial charge is 0.127 e. The van der Waals surface area contributed by atoms with Crippen molar-refractivity contribution in [2.24, 2.45) is 0 Å². The number of benzene rings is 3. The highest BCUT2D eigenvalue weighted by molar-refractivity contribution is 5.39. The van der Waals surface area contributed by atoms with E-state index in [1.54, 1.807) is 0 Å². The molecule has 3 heteroatoms. The second kappa shape index (κ2) is 9.05. The summed E-state index contributed by atoms with van der Waals surface area (Å²) >= 11 is 0. The summed E-state index contributed by atoms with van der Waals surface area (Å²) in [5.74, 6) is 1.75. The third-order valence-corrected chi connectivity index (χ3v) is 5.29. The number of rotatable bonds is 5. The first-order valence-corrected chi connectivity index (χ1v) is 10.1. The van der Waals surface area contributed by atoms with Crippen molar-refractivity contribution < 1.29 is 4.74 Å². The van der Waals surface area contributed by atoms with E-state index in [9.17, 15) is 0 Å². The average molecular weight is 373 g/mol. The second-order valence-corrected chi connectivity index (χ2v) is 7.44. The van der Waals surface area contributed by atoms with Gasteiger partial charge in [0, 0.05) is 19.6 Å². The Morgan fingerprint density at radius 3 is 2.39 bits per heavy atom. The van der Waals surface area contributed by atoms with Crippen LogP contribution in [0.15, 0.2) is 78.9 Å². The van der Waals surface area contributed by atoms with Crippen LogP contribution in [0.2, 0.25) is 0 Å². The van der Waals surface area contributed by atoms with Crippen molar-refractivity contribution in [1.29, 1.82) is 0 Å². The summed E-state index contributed by atoms with van der Waals surface area (Å²) in [7, 11) is 0. The van der Waals surface area contributed by atoms with Crippen LogP contribution in [-0.4, -0.2) is 31.1 Å². The molecule has 28 heavy (non-hydrogen) atoms. The molecule has 3 aromatic carbocycles. The van der Waals surface area contributed by atoms with Crippen LogP contribution in [0.3, 0.4) is 0 Å². The molecule has 3 aromatic rings. The van der Waals surface area contributed by atoms with E-state index in [0.29, 0.717) is 0 Å². The maximum atomic E-state index is 6.11. The zero-order chi connectivity index (χ0) is 19.2. The molecule has 0 spiro atoms. The first-order valence-electron chi connectivity index (χ1n) is 10.1. The Balaban J connectivity index is 1.67. The molecule has 0 aromatic heterocycles. The zero-order valence-corrected chi connectivity index (χ0v) is 16.5. The predicted octanol–water partition coefficient (Wildman–Crippen LogP) is 5.17.